The highest BCUT2D eigenvalue weighted by atomic mass is 16.4. The first kappa shape index (κ1) is 13.9. The number of aryl methyl sites for hydroxylation is 2. The number of carbonyl (C=O) groups is 1. The van der Waals surface area contributed by atoms with Crippen LogP contribution in [0.2, 0.25) is 0 Å². The number of nitrogen functional groups attached to an aromatic ring is 1. The summed E-state index contributed by atoms with van der Waals surface area (Å²) in [6, 6.07) is 5.61. The van der Waals surface area contributed by atoms with Crippen LogP contribution in [0.15, 0.2) is 30.7 Å². The second-order valence-electron chi connectivity index (χ2n) is 5.07. The molecule has 0 fully saturated rings. The number of rotatable bonds is 3. The van der Waals surface area contributed by atoms with Gasteiger partial charge in [-0.25, -0.2) is 14.3 Å². The number of carboxylic acid groups (broad SMARTS) is 1. The molecule has 0 bridgehead atoms. The van der Waals surface area contributed by atoms with Crippen molar-refractivity contribution in [1.29, 1.82) is 0 Å². The largest absolute Gasteiger partial charge is 0.478 e. The van der Waals surface area contributed by atoms with Gasteiger partial charge in [0.15, 0.2) is 5.82 Å². The number of fused-ring (bicyclic) bond motifs is 1. The van der Waals surface area contributed by atoms with Gasteiger partial charge < -0.3 is 16.2 Å². The lowest BCUT2D eigenvalue weighted by Gasteiger charge is -2.09. The third-order valence-corrected chi connectivity index (χ3v) is 3.60. The van der Waals surface area contributed by atoms with Crippen molar-refractivity contribution in [2.45, 2.75) is 13.8 Å². The molecule has 0 spiro atoms. The molecule has 3 aromatic rings. The highest BCUT2D eigenvalue weighted by Gasteiger charge is 2.17. The van der Waals surface area contributed by atoms with E-state index < -0.39 is 5.97 Å². The number of carboxylic acids is 1. The first-order valence-corrected chi connectivity index (χ1v) is 6.66. The predicted octanol–water partition coefficient (Wildman–Crippen LogP) is 2.37. The Morgan fingerprint density at radius 2 is 2.14 bits per heavy atom. The van der Waals surface area contributed by atoms with E-state index in [1.165, 1.54) is 17.0 Å². The summed E-state index contributed by atoms with van der Waals surface area (Å²) in [5, 5.41) is 16.4. The number of nitrogens with zero attached hydrogens (tertiary/aromatic N) is 3. The number of anilines is 3. The smallest absolute Gasteiger partial charge is 0.337 e. The molecule has 1 aromatic carbocycles. The highest BCUT2D eigenvalue weighted by Crippen LogP contribution is 2.26. The first-order valence-electron chi connectivity index (χ1n) is 6.66. The molecule has 2 aromatic heterocycles. The Morgan fingerprint density at radius 1 is 1.36 bits per heavy atom. The number of nitrogens with two attached hydrogens (primary N) is 1. The monoisotopic (exact) mass is 297 g/mol. The minimum atomic E-state index is -0.992. The van der Waals surface area contributed by atoms with Crippen molar-refractivity contribution in [2.24, 2.45) is 0 Å². The standard InChI is InChI=1S/C15H15N5O2/c1-8-3-4-10(5-12(8)16)19-14-13-9(2)11(15(21)22)6-20(13)18-7-17-14/h3-7H,16H2,1-2H3,(H,21,22)(H,17,18,19). The van der Waals surface area contributed by atoms with Crippen LogP contribution in [0.5, 0.6) is 0 Å². The van der Waals surface area contributed by atoms with Crippen molar-refractivity contribution in [2.75, 3.05) is 11.1 Å². The van der Waals surface area contributed by atoms with E-state index in [4.69, 9.17) is 5.73 Å². The normalized spacial score (nSPS) is 10.8. The first-order chi connectivity index (χ1) is 10.5. The number of nitrogens with one attached hydrogen (secondary N) is 1. The van der Waals surface area contributed by atoms with Crippen LogP contribution in [0.4, 0.5) is 17.2 Å². The third-order valence-electron chi connectivity index (χ3n) is 3.60. The summed E-state index contributed by atoms with van der Waals surface area (Å²) in [6.07, 6.45) is 2.85. The van der Waals surface area contributed by atoms with Gasteiger partial charge in [-0.05, 0) is 37.1 Å². The van der Waals surface area contributed by atoms with E-state index in [9.17, 15) is 9.90 Å². The zero-order chi connectivity index (χ0) is 15.9. The Kier molecular flexibility index (Phi) is 3.17. The number of hydrogen-bond acceptors (Lipinski definition) is 5. The van der Waals surface area contributed by atoms with E-state index in [2.05, 4.69) is 15.4 Å². The van der Waals surface area contributed by atoms with Gasteiger partial charge in [-0.2, -0.15) is 5.10 Å². The number of aromatic carboxylic acids is 1. The summed E-state index contributed by atoms with van der Waals surface area (Å²) >= 11 is 0. The quantitative estimate of drug-likeness (QED) is 0.641. The lowest BCUT2D eigenvalue weighted by atomic mass is 10.1. The molecular weight excluding hydrogens is 282 g/mol. The molecule has 7 heteroatoms. The molecule has 0 unspecified atom stereocenters. The van der Waals surface area contributed by atoms with Gasteiger partial charge in [0.25, 0.3) is 0 Å². The summed E-state index contributed by atoms with van der Waals surface area (Å²) in [7, 11) is 0. The number of benzene rings is 1. The number of hydrogen-bond donors (Lipinski definition) is 3. The summed E-state index contributed by atoms with van der Waals surface area (Å²) in [5.74, 6) is -0.461. The lowest BCUT2D eigenvalue weighted by molar-refractivity contribution is 0.0696. The maximum absolute atomic E-state index is 11.2. The molecule has 0 saturated heterocycles. The van der Waals surface area contributed by atoms with Gasteiger partial charge in [0.1, 0.15) is 11.8 Å². The van der Waals surface area contributed by atoms with Crippen LogP contribution in [-0.2, 0) is 0 Å². The Balaban J connectivity index is 2.10. The average Bonchev–Trinajstić information content (AvgIpc) is 2.81. The van der Waals surface area contributed by atoms with Crippen LogP contribution in [0.3, 0.4) is 0 Å². The van der Waals surface area contributed by atoms with E-state index in [1.807, 2.05) is 25.1 Å². The zero-order valence-corrected chi connectivity index (χ0v) is 12.2. The lowest BCUT2D eigenvalue weighted by Crippen LogP contribution is -2.01. The SMILES string of the molecule is Cc1ccc(Nc2ncnn3cc(C(=O)O)c(C)c23)cc1N. The maximum atomic E-state index is 11.2. The molecule has 0 aliphatic heterocycles. The molecule has 7 nitrogen and oxygen atoms in total. The molecule has 0 radical (unpaired) electrons. The number of aromatic nitrogens is 3. The van der Waals surface area contributed by atoms with Crippen molar-refractivity contribution in [1.82, 2.24) is 14.6 Å². The molecule has 112 valence electrons. The fraction of sp³-hybridized carbons (Fsp3) is 0.133. The predicted molar refractivity (Wildman–Crippen MR) is 83.6 cm³/mol. The third kappa shape index (κ3) is 2.22. The summed E-state index contributed by atoms with van der Waals surface area (Å²) in [5.41, 5.74) is 9.78. The second-order valence-corrected chi connectivity index (χ2v) is 5.07. The van der Waals surface area contributed by atoms with Gasteiger partial charge in [-0.15, -0.1) is 0 Å². The van der Waals surface area contributed by atoms with Crippen molar-refractivity contribution >= 4 is 28.7 Å². The van der Waals surface area contributed by atoms with Crippen molar-refractivity contribution in [3.63, 3.8) is 0 Å². The molecule has 0 aliphatic carbocycles. The average molecular weight is 297 g/mol. The molecule has 22 heavy (non-hydrogen) atoms. The van der Waals surface area contributed by atoms with Crippen molar-refractivity contribution in [3.8, 4) is 0 Å². The van der Waals surface area contributed by atoms with E-state index >= 15 is 0 Å². The Morgan fingerprint density at radius 3 is 2.82 bits per heavy atom. The summed E-state index contributed by atoms with van der Waals surface area (Å²) in [6.45, 7) is 3.66. The fourth-order valence-electron chi connectivity index (χ4n) is 2.32. The van der Waals surface area contributed by atoms with Crippen molar-refractivity contribution < 1.29 is 9.90 Å². The van der Waals surface area contributed by atoms with E-state index in [0.717, 1.165) is 11.3 Å². The van der Waals surface area contributed by atoms with Crippen molar-refractivity contribution in [3.05, 3.63) is 47.4 Å². The van der Waals surface area contributed by atoms with Gasteiger partial charge in [-0.1, -0.05) is 6.07 Å². The second kappa shape index (κ2) is 5.03. The maximum Gasteiger partial charge on any atom is 0.337 e. The fourth-order valence-corrected chi connectivity index (χ4v) is 2.32. The summed E-state index contributed by atoms with van der Waals surface area (Å²) < 4.78 is 1.51. The van der Waals surface area contributed by atoms with Gasteiger partial charge in [0, 0.05) is 17.6 Å². The van der Waals surface area contributed by atoms with Crippen LogP contribution < -0.4 is 11.1 Å². The summed E-state index contributed by atoms with van der Waals surface area (Å²) in [4.78, 5) is 15.5. The van der Waals surface area contributed by atoms with Gasteiger partial charge in [-0.3, -0.25) is 0 Å². The van der Waals surface area contributed by atoms with Gasteiger partial charge in [0.2, 0.25) is 0 Å². The molecular formula is C15H15N5O2. The van der Waals surface area contributed by atoms with E-state index in [-0.39, 0.29) is 5.56 Å². The zero-order valence-electron chi connectivity index (χ0n) is 12.2. The van der Waals surface area contributed by atoms with Crippen LogP contribution in [0.1, 0.15) is 21.5 Å². The molecule has 3 rings (SSSR count). The highest BCUT2D eigenvalue weighted by molar-refractivity contribution is 5.94. The van der Waals surface area contributed by atoms with E-state index in [1.54, 1.807) is 6.92 Å². The van der Waals surface area contributed by atoms with Crippen LogP contribution in [-0.4, -0.2) is 25.7 Å². The van der Waals surface area contributed by atoms with Crippen LogP contribution >= 0.6 is 0 Å². The minimum absolute atomic E-state index is 0.201. The molecule has 0 aliphatic rings. The van der Waals surface area contributed by atoms with Crippen LogP contribution in [0.25, 0.3) is 5.52 Å². The molecule has 0 atom stereocenters. The van der Waals surface area contributed by atoms with Crippen LogP contribution in [0, 0.1) is 13.8 Å². The Labute approximate surface area is 126 Å². The Hall–Kier alpha value is -3.09. The molecule has 4 N–H and O–H groups in total. The molecule has 0 amide bonds. The molecule has 0 saturated carbocycles. The van der Waals surface area contributed by atoms with Gasteiger partial charge in [0.05, 0.1) is 5.56 Å². The molecule has 2 heterocycles. The topological polar surface area (TPSA) is 106 Å². The minimum Gasteiger partial charge on any atom is -0.478 e. The Bertz CT molecular complexity index is 885. The van der Waals surface area contributed by atoms with E-state index in [0.29, 0.717) is 22.6 Å². The van der Waals surface area contributed by atoms with Gasteiger partial charge >= 0.3 is 5.97 Å².